The van der Waals surface area contributed by atoms with Gasteiger partial charge in [-0.15, -0.1) is 0 Å². The summed E-state index contributed by atoms with van der Waals surface area (Å²) in [6.45, 7) is 2.09. The third-order valence-electron chi connectivity index (χ3n) is 5.21. The summed E-state index contributed by atoms with van der Waals surface area (Å²) >= 11 is 0. The molecule has 162 valence electrons. The number of carbonyl (C=O) groups excluding carboxylic acids is 1. The molecule has 0 fully saturated rings. The average molecular weight is 423 g/mol. The topological polar surface area (TPSA) is 122 Å². The number of carboxylic acid groups (broad SMARTS) is 2. The van der Waals surface area contributed by atoms with E-state index in [-0.39, 0.29) is 16.9 Å². The van der Waals surface area contributed by atoms with Crippen LogP contribution < -0.4 is 5.32 Å². The van der Waals surface area contributed by atoms with Gasteiger partial charge in [0.2, 0.25) is 0 Å². The number of hydrogen-bond acceptors (Lipinski definition) is 4. The number of aromatic nitrogens is 2. The smallest absolute Gasteiger partial charge is 0.336 e. The first-order valence-electron chi connectivity index (χ1n) is 10.2. The highest BCUT2D eigenvalue weighted by atomic mass is 16.4. The number of carboxylic acids is 2. The normalized spacial score (nSPS) is 11.9. The van der Waals surface area contributed by atoms with E-state index in [2.05, 4.69) is 17.2 Å². The van der Waals surface area contributed by atoms with Gasteiger partial charge in [0, 0.05) is 6.20 Å². The van der Waals surface area contributed by atoms with Gasteiger partial charge in [-0.2, -0.15) is 0 Å². The number of nitrogens with zero attached hydrogens (tertiary/aromatic N) is 2. The second kappa shape index (κ2) is 9.88. The number of carbonyl (C=O) groups is 3. The van der Waals surface area contributed by atoms with Crippen molar-refractivity contribution in [3.05, 3.63) is 60.0 Å². The summed E-state index contributed by atoms with van der Waals surface area (Å²) in [5.41, 5.74) is -0.0792. The lowest BCUT2D eigenvalue weighted by Gasteiger charge is -2.13. The fourth-order valence-electron chi connectivity index (χ4n) is 3.61. The molecule has 1 unspecified atom stereocenters. The molecule has 3 aromatic rings. The summed E-state index contributed by atoms with van der Waals surface area (Å²) in [5.74, 6) is -2.63. The van der Waals surface area contributed by atoms with Gasteiger partial charge in [0.25, 0.3) is 5.91 Å². The number of imidazole rings is 1. The highest BCUT2D eigenvalue weighted by molar-refractivity contribution is 6.18. The van der Waals surface area contributed by atoms with Crippen molar-refractivity contribution in [3.8, 4) is 0 Å². The van der Waals surface area contributed by atoms with Crippen LogP contribution in [0.4, 0.5) is 5.82 Å². The van der Waals surface area contributed by atoms with Crippen molar-refractivity contribution in [2.75, 3.05) is 5.32 Å². The van der Waals surface area contributed by atoms with E-state index in [1.54, 1.807) is 30.3 Å². The van der Waals surface area contributed by atoms with Crippen LogP contribution in [0.25, 0.3) is 10.8 Å². The zero-order valence-corrected chi connectivity index (χ0v) is 17.2. The van der Waals surface area contributed by atoms with Gasteiger partial charge in [0.1, 0.15) is 6.04 Å². The molecule has 0 aliphatic heterocycles. The van der Waals surface area contributed by atoms with Crippen LogP contribution in [0, 0.1) is 0 Å². The third-order valence-corrected chi connectivity index (χ3v) is 5.21. The van der Waals surface area contributed by atoms with E-state index >= 15 is 0 Å². The molecule has 1 heterocycles. The Bertz CT molecular complexity index is 1110. The summed E-state index contributed by atoms with van der Waals surface area (Å²) in [6, 6.07) is 9.29. The van der Waals surface area contributed by atoms with Gasteiger partial charge in [-0.3, -0.25) is 4.79 Å². The van der Waals surface area contributed by atoms with Crippen molar-refractivity contribution in [3.63, 3.8) is 0 Å². The second-order valence-corrected chi connectivity index (χ2v) is 7.38. The molecule has 1 aromatic heterocycles. The van der Waals surface area contributed by atoms with Gasteiger partial charge in [0.05, 0.1) is 17.5 Å². The largest absolute Gasteiger partial charge is 0.480 e. The Kier molecular flexibility index (Phi) is 7.02. The molecule has 1 atom stereocenters. The van der Waals surface area contributed by atoms with Gasteiger partial charge in [-0.1, -0.05) is 62.9 Å². The Balaban J connectivity index is 1.84. The van der Waals surface area contributed by atoms with E-state index in [1.165, 1.54) is 23.2 Å². The Morgan fingerprint density at radius 2 is 1.84 bits per heavy atom. The summed E-state index contributed by atoms with van der Waals surface area (Å²) in [4.78, 5) is 40.4. The van der Waals surface area contributed by atoms with Crippen LogP contribution in [-0.4, -0.2) is 37.6 Å². The van der Waals surface area contributed by atoms with Crippen molar-refractivity contribution in [2.45, 2.75) is 45.1 Å². The predicted octanol–water partition coefficient (Wildman–Crippen LogP) is 4.58. The van der Waals surface area contributed by atoms with Crippen LogP contribution in [0.2, 0.25) is 0 Å². The number of aromatic carboxylic acids is 1. The van der Waals surface area contributed by atoms with Crippen LogP contribution in [0.15, 0.2) is 48.9 Å². The first-order valence-corrected chi connectivity index (χ1v) is 10.2. The number of rotatable bonds is 10. The van der Waals surface area contributed by atoms with Crippen LogP contribution >= 0.6 is 0 Å². The second-order valence-electron chi connectivity index (χ2n) is 7.38. The zero-order valence-electron chi connectivity index (χ0n) is 17.2. The molecule has 2 aromatic carbocycles. The number of anilines is 1. The molecule has 8 heteroatoms. The molecule has 0 saturated carbocycles. The third kappa shape index (κ3) is 5.09. The molecule has 3 N–H and O–H groups in total. The maximum Gasteiger partial charge on any atom is 0.336 e. The zero-order chi connectivity index (χ0) is 22.4. The number of amides is 1. The molecule has 3 rings (SSSR count). The number of nitrogens with one attached hydrogen (secondary N) is 1. The summed E-state index contributed by atoms with van der Waals surface area (Å²) in [5, 5.41) is 23.0. The van der Waals surface area contributed by atoms with Gasteiger partial charge in [0.15, 0.2) is 5.82 Å². The summed E-state index contributed by atoms with van der Waals surface area (Å²) in [7, 11) is 0. The van der Waals surface area contributed by atoms with Crippen molar-refractivity contribution >= 4 is 34.4 Å². The van der Waals surface area contributed by atoms with Gasteiger partial charge in [-0.25, -0.2) is 14.6 Å². The van der Waals surface area contributed by atoms with Crippen LogP contribution in [0.5, 0.6) is 0 Å². The standard InChI is InChI=1S/C23H25N3O5/c1-2-3-4-5-10-18(23(30)31)26-13-19(24-14-26)25-21(27)20-16-9-7-6-8-15(16)11-12-17(20)22(28)29/h6-9,11-14,18H,2-5,10H2,1H3,(H,25,27)(H,28,29)(H,30,31). The monoisotopic (exact) mass is 423 g/mol. The van der Waals surface area contributed by atoms with E-state index in [4.69, 9.17) is 0 Å². The number of fused-ring (bicyclic) bond motifs is 1. The van der Waals surface area contributed by atoms with Crippen LogP contribution in [0.1, 0.15) is 65.8 Å². The molecular formula is C23H25N3O5. The average Bonchev–Trinajstić information content (AvgIpc) is 3.20. The first kappa shape index (κ1) is 22.0. The minimum absolute atomic E-state index is 0.0366. The molecule has 0 aliphatic rings. The van der Waals surface area contributed by atoms with Crippen molar-refractivity contribution in [1.29, 1.82) is 0 Å². The van der Waals surface area contributed by atoms with E-state index in [1.807, 2.05) is 0 Å². The minimum atomic E-state index is -1.21. The number of benzene rings is 2. The molecule has 1 amide bonds. The highest BCUT2D eigenvalue weighted by Crippen LogP contribution is 2.24. The molecule has 0 spiro atoms. The highest BCUT2D eigenvalue weighted by Gasteiger charge is 2.22. The lowest BCUT2D eigenvalue weighted by molar-refractivity contribution is -0.141. The fraction of sp³-hybridized carbons (Fsp3) is 0.304. The molecule has 0 bridgehead atoms. The number of hydrogen-bond donors (Lipinski definition) is 3. The first-order chi connectivity index (χ1) is 14.9. The van der Waals surface area contributed by atoms with Crippen LogP contribution in [0.3, 0.4) is 0 Å². The molecular weight excluding hydrogens is 398 g/mol. The lowest BCUT2D eigenvalue weighted by atomic mass is 9.98. The quantitative estimate of drug-likeness (QED) is 0.410. The lowest BCUT2D eigenvalue weighted by Crippen LogP contribution is -2.18. The van der Waals surface area contributed by atoms with E-state index < -0.39 is 23.9 Å². The van der Waals surface area contributed by atoms with E-state index in [0.29, 0.717) is 11.8 Å². The minimum Gasteiger partial charge on any atom is -0.480 e. The SMILES string of the molecule is CCCCCCC(C(=O)O)n1cnc(NC(=O)c2c(C(=O)O)ccc3ccccc23)c1. The predicted molar refractivity (Wildman–Crippen MR) is 117 cm³/mol. The van der Waals surface area contributed by atoms with Crippen molar-refractivity contribution < 1.29 is 24.6 Å². The summed E-state index contributed by atoms with van der Waals surface area (Å²) < 4.78 is 1.46. The van der Waals surface area contributed by atoms with E-state index in [0.717, 1.165) is 31.1 Å². The van der Waals surface area contributed by atoms with Crippen LogP contribution in [-0.2, 0) is 4.79 Å². The Hall–Kier alpha value is -3.68. The molecule has 31 heavy (non-hydrogen) atoms. The summed E-state index contributed by atoms with van der Waals surface area (Å²) in [6.07, 6.45) is 7.14. The maximum absolute atomic E-state index is 13.0. The van der Waals surface area contributed by atoms with Crippen molar-refractivity contribution in [1.82, 2.24) is 9.55 Å². The Morgan fingerprint density at radius 3 is 2.55 bits per heavy atom. The molecule has 8 nitrogen and oxygen atoms in total. The fourth-order valence-corrected chi connectivity index (χ4v) is 3.61. The molecule has 0 saturated heterocycles. The number of aliphatic carboxylic acids is 1. The van der Waals surface area contributed by atoms with E-state index in [9.17, 15) is 24.6 Å². The molecule has 0 radical (unpaired) electrons. The van der Waals surface area contributed by atoms with Gasteiger partial charge >= 0.3 is 11.9 Å². The number of unbranched alkanes of at least 4 members (excludes halogenated alkanes) is 3. The molecule has 0 aliphatic carbocycles. The van der Waals surface area contributed by atoms with Crippen molar-refractivity contribution in [2.24, 2.45) is 0 Å². The van der Waals surface area contributed by atoms with Gasteiger partial charge in [-0.05, 0) is 23.3 Å². The van der Waals surface area contributed by atoms with Gasteiger partial charge < -0.3 is 20.1 Å². The Labute approximate surface area is 179 Å². The maximum atomic E-state index is 13.0. The Morgan fingerprint density at radius 1 is 1.06 bits per heavy atom.